The number of nitrogens with one attached hydrogen (secondary N) is 2. The highest BCUT2D eigenvalue weighted by atomic mass is 32.1. The molecule has 1 aromatic carbocycles. The number of carbonyl (C=O) groups excluding carboxylic acids is 1. The second-order valence-corrected chi connectivity index (χ2v) is 7.53. The van der Waals surface area contributed by atoms with Gasteiger partial charge in [0.1, 0.15) is 5.75 Å². The summed E-state index contributed by atoms with van der Waals surface area (Å²) in [4.78, 5) is 20.1. The third kappa shape index (κ3) is 4.11. The first-order valence-electron chi connectivity index (χ1n) is 8.35. The van der Waals surface area contributed by atoms with E-state index in [-0.39, 0.29) is 12.8 Å². The molecule has 1 aliphatic rings. The second kappa shape index (κ2) is 7.41. The molecule has 134 valence electrons. The maximum absolute atomic E-state index is 12.1. The molecule has 6 nitrogen and oxygen atoms in total. The number of amides is 2. The van der Waals surface area contributed by atoms with E-state index in [0.717, 1.165) is 42.1 Å². The Morgan fingerprint density at radius 3 is 2.88 bits per heavy atom. The summed E-state index contributed by atoms with van der Waals surface area (Å²) in [6.07, 6.45) is 0.931. The number of anilines is 1. The van der Waals surface area contributed by atoms with Gasteiger partial charge in [-0.15, -0.1) is 11.3 Å². The monoisotopic (exact) mass is 360 g/mol. The van der Waals surface area contributed by atoms with Crippen LogP contribution in [-0.4, -0.2) is 36.2 Å². The van der Waals surface area contributed by atoms with Gasteiger partial charge in [-0.2, -0.15) is 0 Å². The van der Waals surface area contributed by atoms with Crippen LogP contribution in [0.1, 0.15) is 27.3 Å². The predicted molar refractivity (Wildman–Crippen MR) is 100 cm³/mol. The molecule has 7 heteroatoms. The highest BCUT2D eigenvalue weighted by molar-refractivity contribution is 7.15. The summed E-state index contributed by atoms with van der Waals surface area (Å²) in [5.41, 5.74) is 4.42. The number of likely N-dealkylation sites (N-methyl/N-ethyl adjacent to an activating group) is 1. The van der Waals surface area contributed by atoms with E-state index in [9.17, 15) is 4.79 Å². The van der Waals surface area contributed by atoms with Crippen molar-refractivity contribution in [1.82, 2.24) is 15.2 Å². The van der Waals surface area contributed by atoms with E-state index in [2.05, 4.69) is 33.6 Å². The van der Waals surface area contributed by atoms with Gasteiger partial charge in [0, 0.05) is 24.4 Å². The molecule has 2 heterocycles. The molecule has 3 rings (SSSR count). The van der Waals surface area contributed by atoms with E-state index >= 15 is 0 Å². The number of hydrogen-bond donors (Lipinski definition) is 2. The zero-order valence-corrected chi connectivity index (χ0v) is 15.9. The van der Waals surface area contributed by atoms with Crippen LogP contribution in [0.25, 0.3) is 0 Å². The summed E-state index contributed by atoms with van der Waals surface area (Å²) in [7, 11) is 2.09. The fourth-order valence-electron chi connectivity index (χ4n) is 2.84. The van der Waals surface area contributed by atoms with E-state index in [0.29, 0.717) is 5.13 Å². The van der Waals surface area contributed by atoms with Crippen molar-refractivity contribution in [2.45, 2.75) is 33.7 Å². The van der Waals surface area contributed by atoms with Gasteiger partial charge in [-0.3, -0.25) is 5.32 Å². The number of aromatic nitrogens is 1. The van der Waals surface area contributed by atoms with Gasteiger partial charge >= 0.3 is 6.03 Å². The summed E-state index contributed by atoms with van der Waals surface area (Å²) in [6.45, 7) is 8.08. The lowest BCUT2D eigenvalue weighted by Crippen LogP contribution is -2.32. The number of nitrogens with zero attached hydrogens (tertiary/aromatic N) is 2. The Morgan fingerprint density at radius 2 is 2.08 bits per heavy atom. The number of carbonyl (C=O) groups is 1. The maximum Gasteiger partial charge on any atom is 0.323 e. The standard InChI is InChI=1S/C18H24N4O2S/c1-11-5-6-12(2)16(13(11)3)24-10-19-17(23)21-18-20-14-7-8-22(4)9-15(14)25-18/h5-6H,7-10H2,1-4H3,(H2,19,20,21,23). The molecular weight excluding hydrogens is 336 g/mol. The summed E-state index contributed by atoms with van der Waals surface area (Å²) < 4.78 is 5.76. The third-order valence-electron chi connectivity index (χ3n) is 4.47. The van der Waals surface area contributed by atoms with E-state index in [1.807, 2.05) is 26.8 Å². The van der Waals surface area contributed by atoms with Gasteiger partial charge in [-0.05, 0) is 44.5 Å². The minimum Gasteiger partial charge on any atom is -0.473 e. The van der Waals surface area contributed by atoms with Crippen LogP contribution in [0.3, 0.4) is 0 Å². The van der Waals surface area contributed by atoms with Gasteiger partial charge in [0.05, 0.1) is 5.69 Å². The highest BCUT2D eigenvalue weighted by Gasteiger charge is 2.19. The normalized spacial score (nSPS) is 14.1. The Kier molecular flexibility index (Phi) is 5.24. The van der Waals surface area contributed by atoms with E-state index in [1.165, 1.54) is 21.8 Å². The summed E-state index contributed by atoms with van der Waals surface area (Å²) >= 11 is 1.54. The van der Waals surface area contributed by atoms with Crippen molar-refractivity contribution in [3.63, 3.8) is 0 Å². The molecule has 0 aliphatic carbocycles. The molecule has 0 bridgehead atoms. The first-order valence-corrected chi connectivity index (χ1v) is 9.17. The zero-order valence-electron chi connectivity index (χ0n) is 15.1. The van der Waals surface area contributed by atoms with Crippen molar-refractivity contribution in [2.75, 3.05) is 25.6 Å². The minimum absolute atomic E-state index is 0.116. The van der Waals surface area contributed by atoms with Crippen molar-refractivity contribution >= 4 is 22.5 Å². The predicted octanol–water partition coefficient (Wildman–Crippen LogP) is 3.21. The largest absolute Gasteiger partial charge is 0.473 e. The Hall–Kier alpha value is -2.12. The van der Waals surface area contributed by atoms with E-state index in [1.54, 1.807) is 0 Å². The van der Waals surface area contributed by atoms with Crippen LogP contribution in [0.2, 0.25) is 0 Å². The molecule has 2 N–H and O–H groups in total. The number of urea groups is 1. The first-order chi connectivity index (χ1) is 11.9. The quantitative estimate of drug-likeness (QED) is 0.822. The molecule has 1 aromatic heterocycles. The van der Waals surface area contributed by atoms with Gasteiger partial charge in [0.2, 0.25) is 0 Å². The third-order valence-corrected chi connectivity index (χ3v) is 5.46. The number of hydrogen-bond acceptors (Lipinski definition) is 5. The fraction of sp³-hybridized carbons (Fsp3) is 0.444. The summed E-state index contributed by atoms with van der Waals surface area (Å²) in [5, 5.41) is 6.17. The molecule has 25 heavy (non-hydrogen) atoms. The molecule has 0 radical (unpaired) electrons. The Balaban J connectivity index is 1.53. The highest BCUT2D eigenvalue weighted by Crippen LogP contribution is 2.28. The average molecular weight is 360 g/mol. The van der Waals surface area contributed by atoms with Crippen molar-refractivity contribution in [2.24, 2.45) is 0 Å². The lowest BCUT2D eigenvalue weighted by Gasteiger charge is -2.20. The fourth-order valence-corrected chi connectivity index (χ4v) is 3.92. The van der Waals surface area contributed by atoms with Crippen molar-refractivity contribution in [1.29, 1.82) is 0 Å². The Labute approximate surface area is 152 Å². The lowest BCUT2D eigenvalue weighted by atomic mass is 10.1. The van der Waals surface area contributed by atoms with Crippen LogP contribution in [0.4, 0.5) is 9.93 Å². The number of rotatable bonds is 4. The molecule has 0 fully saturated rings. The van der Waals surface area contributed by atoms with Gasteiger partial charge in [0.15, 0.2) is 11.9 Å². The molecule has 2 amide bonds. The van der Waals surface area contributed by atoms with Crippen LogP contribution in [0, 0.1) is 20.8 Å². The van der Waals surface area contributed by atoms with Crippen molar-refractivity contribution in [3.05, 3.63) is 39.4 Å². The smallest absolute Gasteiger partial charge is 0.323 e. The molecule has 0 saturated heterocycles. The molecule has 0 saturated carbocycles. The van der Waals surface area contributed by atoms with Gasteiger partial charge in [0.25, 0.3) is 0 Å². The Bertz CT molecular complexity index is 788. The molecule has 0 unspecified atom stereocenters. The second-order valence-electron chi connectivity index (χ2n) is 6.45. The molecule has 0 spiro atoms. The number of benzene rings is 1. The number of thiazole rings is 1. The summed E-state index contributed by atoms with van der Waals surface area (Å²) in [6, 6.07) is 3.79. The number of aryl methyl sites for hydroxylation is 2. The summed E-state index contributed by atoms with van der Waals surface area (Å²) in [5.74, 6) is 0.827. The first kappa shape index (κ1) is 17.7. The average Bonchev–Trinajstić information content (AvgIpc) is 2.95. The van der Waals surface area contributed by atoms with Crippen molar-refractivity contribution < 1.29 is 9.53 Å². The van der Waals surface area contributed by atoms with Crippen LogP contribution >= 0.6 is 11.3 Å². The molecule has 1 aliphatic heterocycles. The van der Waals surface area contributed by atoms with E-state index < -0.39 is 0 Å². The van der Waals surface area contributed by atoms with Gasteiger partial charge in [-0.1, -0.05) is 12.1 Å². The topological polar surface area (TPSA) is 66.5 Å². The van der Waals surface area contributed by atoms with Crippen LogP contribution in [0.5, 0.6) is 5.75 Å². The molecule has 0 atom stereocenters. The Morgan fingerprint density at radius 1 is 1.32 bits per heavy atom. The minimum atomic E-state index is -0.303. The molecule has 2 aromatic rings. The van der Waals surface area contributed by atoms with Crippen molar-refractivity contribution in [3.8, 4) is 5.75 Å². The lowest BCUT2D eigenvalue weighted by molar-refractivity contribution is 0.234. The number of ether oxygens (including phenoxy) is 1. The van der Waals surface area contributed by atoms with Gasteiger partial charge in [-0.25, -0.2) is 9.78 Å². The van der Waals surface area contributed by atoms with Gasteiger partial charge < -0.3 is 15.0 Å². The van der Waals surface area contributed by atoms with Crippen LogP contribution in [0.15, 0.2) is 12.1 Å². The molecular formula is C18H24N4O2S. The van der Waals surface area contributed by atoms with E-state index in [4.69, 9.17) is 4.74 Å². The number of fused-ring (bicyclic) bond motifs is 1. The zero-order chi connectivity index (χ0) is 18.0. The van der Waals surface area contributed by atoms with Crippen LogP contribution in [-0.2, 0) is 13.0 Å². The van der Waals surface area contributed by atoms with Crippen LogP contribution < -0.4 is 15.4 Å². The maximum atomic E-state index is 12.1. The SMILES string of the molecule is Cc1ccc(C)c(OCNC(=O)Nc2nc3c(s2)CN(C)CC3)c1C.